The minimum absolute atomic E-state index is 0.345. The van der Waals surface area contributed by atoms with Gasteiger partial charge in [0.05, 0.1) is 18.3 Å². The maximum Gasteiger partial charge on any atom is 0.328 e. The molecule has 1 aromatic rings. The molecule has 1 aliphatic heterocycles. The SMILES string of the molecule is O=c1[nH]c(=O)n([C@@H]2CNC[C@H]2O)cc1F. The summed E-state index contributed by atoms with van der Waals surface area (Å²) in [6.07, 6.45) is 0.0650. The highest BCUT2D eigenvalue weighted by molar-refractivity contribution is 4.94. The third-order valence-electron chi connectivity index (χ3n) is 2.43. The molecule has 0 amide bonds. The van der Waals surface area contributed by atoms with Crippen molar-refractivity contribution in [3.63, 3.8) is 0 Å². The number of hydrogen-bond acceptors (Lipinski definition) is 4. The summed E-state index contributed by atoms with van der Waals surface area (Å²) >= 11 is 0. The number of aromatic amines is 1. The van der Waals surface area contributed by atoms with Crippen LogP contribution < -0.4 is 16.6 Å². The second-order valence-corrected chi connectivity index (χ2v) is 3.44. The van der Waals surface area contributed by atoms with Gasteiger partial charge in [-0.15, -0.1) is 0 Å². The molecule has 7 heteroatoms. The number of aromatic nitrogens is 2. The summed E-state index contributed by atoms with van der Waals surface area (Å²) in [5.41, 5.74) is -1.76. The molecule has 1 fully saturated rings. The van der Waals surface area contributed by atoms with Crippen molar-refractivity contribution in [1.29, 1.82) is 0 Å². The van der Waals surface area contributed by atoms with Crippen LogP contribution in [-0.2, 0) is 0 Å². The van der Waals surface area contributed by atoms with Gasteiger partial charge in [-0.2, -0.15) is 4.39 Å². The molecule has 1 aromatic heterocycles. The summed E-state index contributed by atoms with van der Waals surface area (Å²) in [5.74, 6) is -1.03. The van der Waals surface area contributed by atoms with E-state index in [9.17, 15) is 19.1 Å². The second kappa shape index (κ2) is 3.59. The largest absolute Gasteiger partial charge is 0.390 e. The Labute approximate surface area is 83.4 Å². The predicted molar refractivity (Wildman–Crippen MR) is 49.2 cm³/mol. The molecule has 0 radical (unpaired) electrons. The van der Waals surface area contributed by atoms with E-state index < -0.39 is 29.2 Å². The van der Waals surface area contributed by atoms with Crippen molar-refractivity contribution in [3.8, 4) is 0 Å². The summed E-state index contributed by atoms with van der Waals surface area (Å²) in [7, 11) is 0. The van der Waals surface area contributed by atoms with Crippen LogP contribution in [0, 0.1) is 5.82 Å². The van der Waals surface area contributed by atoms with Crippen LogP contribution in [0.5, 0.6) is 0 Å². The maximum absolute atomic E-state index is 12.9. The van der Waals surface area contributed by atoms with Gasteiger partial charge < -0.3 is 10.4 Å². The normalized spacial score (nSPS) is 25.7. The average molecular weight is 215 g/mol. The van der Waals surface area contributed by atoms with Crippen LogP contribution in [0.15, 0.2) is 15.8 Å². The monoisotopic (exact) mass is 215 g/mol. The fraction of sp³-hybridized carbons (Fsp3) is 0.500. The standard InChI is InChI=1S/C8H10FN3O3/c9-4-3-12(8(15)11-7(4)14)5-1-10-2-6(5)13/h3,5-6,10,13H,1-2H2,(H,11,14,15)/t5-,6-/m1/s1. The Morgan fingerprint density at radius 2 is 2.20 bits per heavy atom. The van der Waals surface area contributed by atoms with E-state index in [-0.39, 0.29) is 0 Å². The Kier molecular flexibility index (Phi) is 2.41. The van der Waals surface area contributed by atoms with Gasteiger partial charge in [-0.05, 0) is 0 Å². The summed E-state index contributed by atoms with van der Waals surface area (Å²) in [6.45, 7) is 0.713. The Bertz CT molecular complexity index is 481. The van der Waals surface area contributed by atoms with E-state index in [0.29, 0.717) is 13.1 Å². The molecule has 0 aliphatic carbocycles. The van der Waals surface area contributed by atoms with Crippen LogP contribution in [0.2, 0.25) is 0 Å². The molecule has 1 saturated heterocycles. The minimum Gasteiger partial charge on any atom is -0.390 e. The van der Waals surface area contributed by atoms with Crippen molar-refractivity contribution in [2.75, 3.05) is 13.1 Å². The van der Waals surface area contributed by atoms with E-state index in [1.165, 1.54) is 0 Å². The molecule has 2 heterocycles. The number of β-amino-alcohol motifs (C(OH)–C–C–N with tert-alkyl or cyclic N) is 1. The van der Waals surface area contributed by atoms with Crippen LogP contribution in [0.1, 0.15) is 6.04 Å². The molecule has 1 aliphatic rings. The first kappa shape index (κ1) is 10.1. The smallest absolute Gasteiger partial charge is 0.328 e. The first-order valence-corrected chi connectivity index (χ1v) is 4.49. The first-order valence-electron chi connectivity index (χ1n) is 4.49. The number of hydrogen-bond donors (Lipinski definition) is 3. The minimum atomic E-state index is -1.04. The molecule has 6 nitrogen and oxygen atoms in total. The van der Waals surface area contributed by atoms with Crippen LogP contribution in [0.4, 0.5) is 4.39 Å². The zero-order chi connectivity index (χ0) is 11.0. The molecule has 2 rings (SSSR count). The number of aliphatic hydroxyl groups excluding tert-OH is 1. The molecule has 0 unspecified atom stereocenters. The van der Waals surface area contributed by atoms with Gasteiger partial charge in [-0.25, -0.2) is 4.79 Å². The Morgan fingerprint density at radius 3 is 2.80 bits per heavy atom. The van der Waals surface area contributed by atoms with Gasteiger partial charge in [-0.3, -0.25) is 14.3 Å². The van der Waals surface area contributed by atoms with E-state index >= 15 is 0 Å². The molecule has 82 valence electrons. The molecular weight excluding hydrogens is 205 g/mol. The second-order valence-electron chi connectivity index (χ2n) is 3.44. The van der Waals surface area contributed by atoms with Gasteiger partial charge >= 0.3 is 5.69 Å². The molecule has 0 aromatic carbocycles. The predicted octanol–water partition coefficient (Wildman–Crippen LogP) is -1.82. The van der Waals surface area contributed by atoms with Gasteiger partial charge in [0.1, 0.15) is 0 Å². The summed E-state index contributed by atoms with van der Waals surface area (Å²) < 4.78 is 13.9. The summed E-state index contributed by atoms with van der Waals surface area (Å²) in [5, 5.41) is 12.3. The fourth-order valence-electron chi connectivity index (χ4n) is 1.64. The van der Waals surface area contributed by atoms with E-state index in [1.54, 1.807) is 0 Å². The molecule has 0 bridgehead atoms. The Hall–Kier alpha value is -1.47. The van der Waals surface area contributed by atoms with E-state index in [2.05, 4.69) is 5.32 Å². The Balaban J connectivity index is 2.48. The fourth-order valence-corrected chi connectivity index (χ4v) is 1.64. The van der Waals surface area contributed by atoms with Crippen molar-refractivity contribution in [1.82, 2.24) is 14.9 Å². The van der Waals surface area contributed by atoms with E-state index in [1.807, 2.05) is 4.98 Å². The van der Waals surface area contributed by atoms with Crippen LogP contribution in [0.25, 0.3) is 0 Å². The third kappa shape index (κ3) is 1.71. The van der Waals surface area contributed by atoms with Gasteiger partial charge in [-0.1, -0.05) is 0 Å². The van der Waals surface area contributed by atoms with Crippen molar-refractivity contribution in [2.24, 2.45) is 0 Å². The number of nitrogens with zero attached hydrogens (tertiary/aromatic N) is 1. The zero-order valence-electron chi connectivity index (χ0n) is 7.74. The third-order valence-corrected chi connectivity index (χ3v) is 2.43. The van der Waals surface area contributed by atoms with Crippen molar-refractivity contribution < 1.29 is 9.50 Å². The van der Waals surface area contributed by atoms with Crippen molar-refractivity contribution >= 4 is 0 Å². The molecule has 15 heavy (non-hydrogen) atoms. The molecule has 3 N–H and O–H groups in total. The number of rotatable bonds is 1. The first-order chi connectivity index (χ1) is 7.09. The molecule has 0 spiro atoms. The number of aliphatic hydroxyl groups is 1. The maximum atomic E-state index is 12.9. The zero-order valence-corrected chi connectivity index (χ0v) is 7.74. The van der Waals surface area contributed by atoms with Crippen LogP contribution in [-0.4, -0.2) is 33.9 Å². The molecule has 2 atom stereocenters. The number of halogens is 1. The van der Waals surface area contributed by atoms with E-state index in [0.717, 1.165) is 10.8 Å². The lowest BCUT2D eigenvalue weighted by Gasteiger charge is -2.15. The van der Waals surface area contributed by atoms with Crippen molar-refractivity contribution in [2.45, 2.75) is 12.1 Å². The highest BCUT2D eigenvalue weighted by Gasteiger charge is 2.27. The number of nitrogens with one attached hydrogen (secondary N) is 2. The van der Waals surface area contributed by atoms with Gasteiger partial charge in [0, 0.05) is 13.1 Å². The Morgan fingerprint density at radius 1 is 1.47 bits per heavy atom. The van der Waals surface area contributed by atoms with E-state index in [4.69, 9.17) is 0 Å². The van der Waals surface area contributed by atoms with Crippen molar-refractivity contribution in [3.05, 3.63) is 32.9 Å². The highest BCUT2D eigenvalue weighted by atomic mass is 19.1. The van der Waals surface area contributed by atoms with Gasteiger partial charge in [0.25, 0.3) is 5.56 Å². The van der Waals surface area contributed by atoms with Crippen LogP contribution >= 0.6 is 0 Å². The lowest BCUT2D eigenvalue weighted by atomic mass is 10.2. The lowest BCUT2D eigenvalue weighted by molar-refractivity contribution is 0.147. The summed E-state index contributed by atoms with van der Waals surface area (Å²) in [6, 6.07) is -0.538. The lowest BCUT2D eigenvalue weighted by Crippen LogP contribution is -2.37. The quantitative estimate of drug-likeness (QED) is 0.515. The topological polar surface area (TPSA) is 87.1 Å². The molecule has 0 saturated carbocycles. The number of H-pyrrole nitrogens is 1. The van der Waals surface area contributed by atoms with Crippen LogP contribution in [0.3, 0.4) is 0 Å². The van der Waals surface area contributed by atoms with Gasteiger partial charge in [0.15, 0.2) is 0 Å². The highest BCUT2D eigenvalue weighted by Crippen LogP contribution is 2.12. The average Bonchev–Trinajstić information content (AvgIpc) is 2.58. The molecular formula is C8H10FN3O3. The summed E-state index contributed by atoms with van der Waals surface area (Å²) in [4.78, 5) is 23.9. The van der Waals surface area contributed by atoms with Gasteiger partial charge in [0.2, 0.25) is 5.82 Å².